The Morgan fingerprint density at radius 1 is 1.33 bits per heavy atom. The van der Waals surface area contributed by atoms with Gasteiger partial charge in [-0.2, -0.15) is 5.26 Å². The van der Waals surface area contributed by atoms with Gasteiger partial charge in [0.1, 0.15) is 11.9 Å². The van der Waals surface area contributed by atoms with Crippen molar-refractivity contribution in [2.24, 2.45) is 0 Å². The number of anilines is 1. The lowest BCUT2D eigenvalue weighted by Crippen LogP contribution is -2.50. The predicted molar refractivity (Wildman–Crippen MR) is 89.4 cm³/mol. The van der Waals surface area contributed by atoms with E-state index in [4.69, 9.17) is 0 Å². The summed E-state index contributed by atoms with van der Waals surface area (Å²) in [5.41, 5.74) is 0.552. The molecule has 0 aliphatic carbocycles. The second-order valence-corrected chi connectivity index (χ2v) is 5.61. The molecule has 0 radical (unpaired) electrons. The number of nitrogens with zero attached hydrogens (tertiary/aromatic N) is 4. The Morgan fingerprint density at radius 2 is 2.12 bits per heavy atom. The number of hydrogen-bond acceptors (Lipinski definition) is 6. The zero-order valence-corrected chi connectivity index (χ0v) is 14.0. The molecule has 1 aliphatic heterocycles. The number of aromatic nitrogens is 1. The number of carbonyl (C=O) groups excluding carboxylic acids is 2. The molecule has 0 saturated carbocycles. The lowest BCUT2D eigenvalue weighted by molar-refractivity contribution is -0.124. The van der Waals surface area contributed by atoms with Crippen LogP contribution in [0.5, 0.6) is 0 Å². The summed E-state index contributed by atoms with van der Waals surface area (Å²) in [5, 5.41) is 13.9. The highest BCUT2D eigenvalue weighted by atomic mass is 16.2. The van der Waals surface area contributed by atoms with E-state index in [1.54, 1.807) is 25.3 Å². The van der Waals surface area contributed by atoms with Gasteiger partial charge in [-0.3, -0.25) is 15.0 Å². The number of urea groups is 1. The van der Waals surface area contributed by atoms with Crippen LogP contribution in [0.25, 0.3) is 0 Å². The summed E-state index contributed by atoms with van der Waals surface area (Å²) in [5.74, 6) is 0.364. The van der Waals surface area contributed by atoms with Gasteiger partial charge in [0.2, 0.25) is 5.91 Å². The third kappa shape index (κ3) is 4.20. The number of imide groups is 1. The van der Waals surface area contributed by atoms with Crippen molar-refractivity contribution in [1.82, 2.24) is 20.5 Å². The Bertz CT molecular complexity index is 642. The molecular weight excluding hydrogens is 308 g/mol. The van der Waals surface area contributed by atoms with Crippen molar-refractivity contribution < 1.29 is 9.59 Å². The van der Waals surface area contributed by atoms with Crippen LogP contribution in [0.2, 0.25) is 0 Å². The number of hydrogen-bond donors (Lipinski definition) is 2. The largest absolute Gasteiger partial charge is 0.354 e. The third-order valence-electron chi connectivity index (χ3n) is 4.13. The fraction of sp³-hybridized carbons (Fsp3) is 0.500. The van der Waals surface area contributed by atoms with Gasteiger partial charge in [-0.05, 0) is 25.5 Å². The summed E-state index contributed by atoms with van der Waals surface area (Å²) < 4.78 is 0. The number of rotatable bonds is 3. The van der Waals surface area contributed by atoms with Crippen molar-refractivity contribution in [3.8, 4) is 6.07 Å². The number of nitriles is 1. The van der Waals surface area contributed by atoms with E-state index in [1.807, 2.05) is 4.90 Å². The maximum Gasteiger partial charge on any atom is 0.321 e. The molecule has 2 heterocycles. The summed E-state index contributed by atoms with van der Waals surface area (Å²) in [7, 11) is 1.47. The van der Waals surface area contributed by atoms with Gasteiger partial charge in [-0.1, -0.05) is 0 Å². The molecule has 1 fully saturated rings. The molecule has 3 amide bonds. The zero-order valence-electron chi connectivity index (χ0n) is 14.0. The molecule has 1 aromatic rings. The van der Waals surface area contributed by atoms with E-state index < -0.39 is 12.1 Å². The summed E-state index contributed by atoms with van der Waals surface area (Å²) in [6, 6.07) is 4.76. The Labute approximate surface area is 141 Å². The molecule has 1 saturated heterocycles. The van der Waals surface area contributed by atoms with Crippen LogP contribution < -0.4 is 15.5 Å². The fourth-order valence-electron chi connectivity index (χ4n) is 2.72. The van der Waals surface area contributed by atoms with Gasteiger partial charge < -0.3 is 10.2 Å². The molecule has 0 bridgehead atoms. The maximum absolute atomic E-state index is 12.1. The van der Waals surface area contributed by atoms with Crippen LogP contribution in [0.15, 0.2) is 18.3 Å². The molecule has 8 heteroatoms. The molecule has 0 spiro atoms. The average molecular weight is 330 g/mol. The minimum Gasteiger partial charge on any atom is -0.354 e. The van der Waals surface area contributed by atoms with Gasteiger partial charge in [0.25, 0.3) is 0 Å². The first-order valence-corrected chi connectivity index (χ1v) is 7.93. The van der Waals surface area contributed by atoms with Crippen LogP contribution in [0, 0.1) is 11.3 Å². The summed E-state index contributed by atoms with van der Waals surface area (Å²) in [6.07, 6.45) is 2.53. The van der Waals surface area contributed by atoms with Crippen molar-refractivity contribution in [3.63, 3.8) is 0 Å². The van der Waals surface area contributed by atoms with Crippen LogP contribution in [-0.4, -0.2) is 61.1 Å². The van der Waals surface area contributed by atoms with Crippen LogP contribution >= 0.6 is 0 Å². The van der Waals surface area contributed by atoms with E-state index in [0.717, 1.165) is 19.5 Å². The second-order valence-electron chi connectivity index (χ2n) is 5.61. The molecule has 0 aromatic carbocycles. The Morgan fingerprint density at radius 3 is 2.83 bits per heavy atom. The van der Waals surface area contributed by atoms with Gasteiger partial charge in [-0.25, -0.2) is 9.78 Å². The highest BCUT2D eigenvalue weighted by Gasteiger charge is 2.25. The summed E-state index contributed by atoms with van der Waals surface area (Å²) >= 11 is 0. The first-order valence-electron chi connectivity index (χ1n) is 7.93. The zero-order chi connectivity index (χ0) is 17.5. The molecule has 2 rings (SSSR count). The number of nitrogens with one attached hydrogen (secondary N) is 2. The van der Waals surface area contributed by atoms with Crippen LogP contribution in [0.4, 0.5) is 10.6 Å². The van der Waals surface area contributed by atoms with Crippen LogP contribution in [0.3, 0.4) is 0 Å². The topological polar surface area (TPSA) is 101 Å². The maximum atomic E-state index is 12.1. The normalized spacial score (nSPS) is 16.6. The molecule has 128 valence electrons. The van der Waals surface area contributed by atoms with Crippen molar-refractivity contribution in [2.45, 2.75) is 19.4 Å². The molecular formula is C16H22N6O2. The smallest absolute Gasteiger partial charge is 0.321 e. The van der Waals surface area contributed by atoms with E-state index in [1.165, 1.54) is 7.05 Å². The quantitative estimate of drug-likeness (QED) is 0.827. The van der Waals surface area contributed by atoms with E-state index in [0.29, 0.717) is 24.5 Å². The third-order valence-corrected chi connectivity index (χ3v) is 4.13. The molecule has 1 aliphatic rings. The molecule has 8 nitrogen and oxygen atoms in total. The van der Waals surface area contributed by atoms with Gasteiger partial charge >= 0.3 is 6.03 Å². The summed E-state index contributed by atoms with van der Waals surface area (Å²) in [4.78, 5) is 31.8. The highest BCUT2D eigenvalue weighted by molar-refractivity contribution is 5.96. The number of pyridine rings is 1. The molecule has 1 atom stereocenters. The first-order chi connectivity index (χ1) is 11.6. The Kier molecular flexibility index (Phi) is 6.09. The van der Waals surface area contributed by atoms with Crippen molar-refractivity contribution in [2.75, 3.05) is 38.1 Å². The molecule has 2 N–H and O–H groups in total. The van der Waals surface area contributed by atoms with Gasteiger partial charge in [0.05, 0.1) is 11.6 Å². The van der Waals surface area contributed by atoms with Crippen LogP contribution in [0.1, 0.15) is 18.9 Å². The Balaban J connectivity index is 2.01. The average Bonchev–Trinajstić information content (AvgIpc) is 2.86. The minimum absolute atomic E-state index is 0.321. The standard InChI is InChI=1S/C16H22N6O2/c1-12(15(23)20-16(24)18-2)21-7-4-8-22(10-9-21)14-13(11-17)5-3-6-19-14/h3,5-6,12H,4,7-10H2,1-2H3,(H2,18,20,23,24)/t12-/m1/s1. The molecule has 24 heavy (non-hydrogen) atoms. The van der Waals surface area contributed by atoms with Gasteiger partial charge in [0, 0.05) is 39.4 Å². The number of amides is 3. The van der Waals surface area contributed by atoms with Gasteiger partial charge in [0.15, 0.2) is 0 Å². The van der Waals surface area contributed by atoms with Crippen LogP contribution in [-0.2, 0) is 4.79 Å². The first kappa shape index (κ1) is 17.7. The van der Waals surface area contributed by atoms with E-state index in [2.05, 4.69) is 26.6 Å². The fourth-order valence-corrected chi connectivity index (χ4v) is 2.72. The minimum atomic E-state index is -0.504. The summed E-state index contributed by atoms with van der Waals surface area (Å²) in [6.45, 7) is 4.63. The lowest BCUT2D eigenvalue weighted by Gasteiger charge is -2.27. The lowest BCUT2D eigenvalue weighted by atomic mass is 10.2. The SMILES string of the molecule is CNC(=O)NC(=O)[C@@H](C)N1CCCN(c2ncccc2C#N)CC1. The predicted octanol–water partition coefficient (Wildman–Crippen LogP) is 0.309. The van der Waals surface area contributed by atoms with E-state index in [9.17, 15) is 14.9 Å². The Hall–Kier alpha value is -2.66. The second kappa shape index (κ2) is 8.26. The molecule has 0 unspecified atom stereocenters. The van der Waals surface area contributed by atoms with Crippen molar-refractivity contribution >= 4 is 17.8 Å². The van der Waals surface area contributed by atoms with Crippen molar-refractivity contribution in [1.29, 1.82) is 5.26 Å². The highest BCUT2D eigenvalue weighted by Crippen LogP contribution is 2.18. The van der Waals surface area contributed by atoms with E-state index in [-0.39, 0.29) is 5.91 Å². The molecule has 1 aromatic heterocycles. The monoisotopic (exact) mass is 330 g/mol. The van der Waals surface area contributed by atoms with E-state index >= 15 is 0 Å². The number of carbonyl (C=O) groups is 2. The van der Waals surface area contributed by atoms with Crippen molar-refractivity contribution in [3.05, 3.63) is 23.9 Å². The van der Waals surface area contributed by atoms with Gasteiger partial charge in [-0.15, -0.1) is 0 Å².